The second-order valence-corrected chi connectivity index (χ2v) is 5.35. The van der Waals surface area contributed by atoms with Crippen molar-refractivity contribution in [1.29, 1.82) is 0 Å². The van der Waals surface area contributed by atoms with Gasteiger partial charge in [0.1, 0.15) is 5.78 Å². The molecular formula is C15H18N2O4. The van der Waals surface area contributed by atoms with Gasteiger partial charge in [-0.05, 0) is 18.4 Å². The van der Waals surface area contributed by atoms with Crippen molar-refractivity contribution >= 4 is 17.4 Å². The third-order valence-corrected chi connectivity index (χ3v) is 3.83. The molecule has 0 radical (unpaired) electrons. The fraction of sp³-hybridized carbons (Fsp3) is 0.467. The summed E-state index contributed by atoms with van der Waals surface area (Å²) >= 11 is 0. The normalized spacial score (nSPS) is 19.9. The first kappa shape index (κ1) is 15.2. The summed E-state index contributed by atoms with van der Waals surface area (Å²) < 4.78 is 0. The Labute approximate surface area is 122 Å². The summed E-state index contributed by atoms with van der Waals surface area (Å²) in [5.41, 5.74) is 0.728. The largest absolute Gasteiger partial charge is 0.349 e. The lowest BCUT2D eigenvalue weighted by Gasteiger charge is -2.29. The molecule has 0 saturated heterocycles. The highest BCUT2D eigenvalue weighted by Crippen LogP contribution is 2.32. The van der Waals surface area contributed by atoms with Gasteiger partial charge in [0, 0.05) is 31.4 Å². The smallest absolute Gasteiger partial charge is 0.269 e. The Morgan fingerprint density at radius 1 is 1.33 bits per heavy atom. The van der Waals surface area contributed by atoms with Crippen molar-refractivity contribution in [1.82, 2.24) is 5.32 Å². The number of nitrogens with zero attached hydrogens (tertiary/aromatic N) is 1. The van der Waals surface area contributed by atoms with Gasteiger partial charge in [0.05, 0.1) is 11.0 Å². The molecule has 1 fully saturated rings. The molecule has 1 aliphatic carbocycles. The van der Waals surface area contributed by atoms with E-state index in [1.54, 1.807) is 12.1 Å². The summed E-state index contributed by atoms with van der Waals surface area (Å²) in [6, 6.07) is 5.62. The van der Waals surface area contributed by atoms with Gasteiger partial charge < -0.3 is 5.32 Å². The van der Waals surface area contributed by atoms with E-state index in [4.69, 9.17) is 0 Å². The maximum Gasteiger partial charge on any atom is 0.269 e. The maximum atomic E-state index is 12.1. The van der Waals surface area contributed by atoms with Crippen LogP contribution in [0.1, 0.15) is 44.2 Å². The van der Waals surface area contributed by atoms with E-state index in [1.807, 2.05) is 0 Å². The quantitative estimate of drug-likeness (QED) is 0.681. The number of rotatable bonds is 4. The Kier molecular flexibility index (Phi) is 4.67. The van der Waals surface area contributed by atoms with Crippen molar-refractivity contribution in [3.63, 3.8) is 0 Å². The number of carbonyl (C=O) groups is 2. The van der Waals surface area contributed by atoms with Crippen LogP contribution in [0.2, 0.25) is 0 Å². The summed E-state index contributed by atoms with van der Waals surface area (Å²) in [7, 11) is 0. The molecule has 1 N–H and O–H groups in total. The van der Waals surface area contributed by atoms with Crippen LogP contribution in [0.25, 0.3) is 0 Å². The molecule has 1 amide bonds. The molecule has 0 spiro atoms. The molecule has 112 valence electrons. The summed E-state index contributed by atoms with van der Waals surface area (Å²) in [6.07, 6.45) is 3.12. The Hall–Kier alpha value is -2.24. The van der Waals surface area contributed by atoms with E-state index in [2.05, 4.69) is 5.32 Å². The van der Waals surface area contributed by atoms with Crippen LogP contribution in [0.5, 0.6) is 0 Å². The summed E-state index contributed by atoms with van der Waals surface area (Å²) in [5.74, 6) is -0.306. The Morgan fingerprint density at radius 2 is 2.00 bits per heavy atom. The Bertz CT molecular complexity index is 553. The number of carbonyl (C=O) groups excluding carboxylic acids is 2. The first-order chi connectivity index (χ1) is 9.99. The number of nitro benzene ring substituents is 1. The van der Waals surface area contributed by atoms with Gasteiger partial charge in [0.2, 0.25) is 5.91 Å². The van der Waals surface area contributed by atoms with Crippen molar-refractivity contribution in [3.05, 3.63) is 39.9 Å². The Balaban J connectivity index is 2.28. The topological polar surface area (TPSA) is 89.3 Å². The lowest BCUT2D eigenvalue weighted by Crippen LogP contribution is -2.37. The molecule has 0 heterocycles. The highest BCUT2D eigenvalue weighted by atomic mass is 16.6. The van der Waals surface area contributed by atoms with Gasteiger partial charge in [-0.15, -0.1) is 0 Å². The molecule has 0 aliphatic heterocycles. The van der Waals surface area contributed by atoms with Crippen LogP contribution in [-0.4, -0.2) is 16.6 Å². The van der Waals surface area contributed by atoms with Gasteiger partial charge in [0.25, 0.3) is 5.69 Å². The lowest BCUT2D eigenvalue weighted by atomic mass is 9.80. The molecular weight excluding hydrogens is 272 g/mol. The minimum atomic E-state index is -0.469. The third kappa shape index (κ3) is 3.65. The van der Waals surface area contributed by atoms with E-state index in [0.29, 0.717) is 6.42 Å². The molecule has 0 bridgehead atoms. The van der Waals surface area contributed by atoms with Crippen molar-refractivity contribution in [3.8, 4) is 0 Å². The molecule has 0 aromatic heterocycles. The molecule has 1 saturated carbocycles. The summed E-state index contributed by atoms with van der Waals surface area (Å²) in [4.78, 5) is 33.8. The van der Waals surface area contributed by atoms with Crippen LogP contribution in [0.3, 0.4) is 0 Å². The first-order valence-corrected chi connectivity index (χ1v) is 7.03. The minimum absolute atomic E-state index is 0.00436. The van der Waals surface area contributed by atoms with Crippen LogP contribution in [-0.2, 0) is 9.59 Å². The van der Waals surface area contributed by atoms with E-state index in [1.165, 1.54) is 19.1 Å². The SMILES string of the molecule is CC(=O)NC(c1ccc([N+](=O)[O-])cc1)C1CCCCC1=O. The van der Waals surface area contributed by atoms with Crippen LogP contribution < -0.4 is 5.32 Å². The number of Topliss-reactive ketones (excluding diaryl/α,β-unsaturated/α-hetero) is 1. The van der Waals surface area contributed by atoms with Gasteiger partial charge in [-0.2, -0.15) is 0 Å². The van der Waals surface area contributed by atoms with Gasteiger partial charge in [-0.3, -0.25) is 19.7 Å². The highest BCUT2D eigenvalue weighted by Gasteiger charge is 2.32. The number of ketones is 1. The summed E-state index contributed by atoms with van der Waals surface area (Å²) in [6.45, 7) is 1.41. The maximum absolute atomic E-state index is 12.1. The molecule has 6 nitrogen and oxygen atoms in total. The van der Waals surface area contributed by atoms with Gasteiger partial charge in [-0.1, -0.05) is 18.6 Å². The average Bonchev–Trinajstić information content (AvgIpc) is 2.45. The number of nitrogens with one attached hydrogen (secondary N) is 1. The fourth-order valence-corrected chi connectivity index (χ4v) is 2.80. The van der Waals surface area contributed by atoms with Crippen molar-refractivity contribution < 1.29 is 14.5 Å². The van der Waals surface area contributed by atoms with E-state index >= 15 is 0 Å². The molecule has 2 rings (SSSR count). The van der Waals surface area contributed by atoms with Gasteiger partial charge >= 0.3 is 0 Å². The zero-order valence-electron chi connectivity index (χ0n) is 11.9. The molecule has 2 atom stereocenters. The number of hydrogen-bond acceptors (Lipinski definition) is 4. The molecule has 21 heavy (non-hydrogen) atoms. The fourth-order valence-electron chi connectivity index (χ4n) is 2.80. The number of hydrogen-bond donors (Lipinski definition) is 1. The van der Waals surface area contributed by atoms with E-state index in [0.717, 1.165) is 24.8 Å². The van der Waals surface area contributed by atoms with Crippen LogP contribution in [0.15, 0.2) is 24.3 Å². The molecule has 6 heteroatoms. The predicted octanol–water partition coefficient (Wildman–Crippen LogP) is 2.53. The molecule has 1 aliphatic rings. The number of nitro groups is 1. The number of amides is 1. The monoisotopic (exact) mass is 290 g/mol. The molecule has 2 unspecified atom stereocenters. The van der Waals surface area contributed by atoms with E-state index < -0.39 is 11.0 Å². The number of non-ortho nitro benzene ring substituents is 1. The van der Waals surface area contributed by atoms with Gasteiger partial charge in [-0.25, -0.2) is 0 Å². The zero-order chi connectivity index (χ0) is 15.4. The lowest BCUT2D eigenvalue weighted by molar-refractivity contribution is -0.384. The van der Waals surface area contributed by atoms with Crippen LogP contribution in [0, 0.1) is 16.0 Å². The average molecular weight is 290 g/mol. The van der Waals surface area contributed by atoms with Crippen molar-refractivity contribution in [2.45, 2.75) is 38.6 Å². The highest BCUT2D eigenvalue weighted by molar-refractivity contribution is 5.83. The minimum Gasteiger partial charge on any atom is -0.349 e. The van der Waals surface area contributed by atoms with Crippen LogP contribution >= 0.6 is 0 Å². The van der Waals surface area contributed by atoms with Crippen molar-refractivity contribution in [2.24, 2.45) is 5.92 Å². The Morgan fingerprint density at radius 3 is 2.52 bits per heavy atom. The molecule has 1 aromatic carbocycles. The second-order valence-electron chi connectivity index (χ2n) is 5.35. The third-order valence-electron chi connectivity index (χ3n) is 3.83. The predicted molar refractivity (Wildman–Crippen MR) is 76.6 cm³/mol. The first-order valence-electron chi connectivity index (χ1n) is 7.03. The van der Waals surface area contributed by atoms with Crippen molar-refractivity contribution in [2.75, 3.05) is 0 Å². The molecule has 1 aromatic rings. The second kappa shape index (κ2) is 6.47. The summed E-state index contributed by atoms with van der Waals surface area (Å²) in [5, 5.41) is 13.5. The number of benzene rings is 1. The van der Waals surface area contributed by atoms with E-state index in [9.17, 15) is 19.7 Å². The zero-order valence-corrected chi connectivity index (χ0v) is 11.9. The van der Waals surface area contributed by atoms with E-state index in [-0.39, 0.29) is 23.3 Å². The van der Waals surface area contributed by atoms with Gasteiger partial charge in [0.15, 0.2) is 0 Å². The van der Waals surface area contributed by atoms with Crippen LogP contribution in [0.4, 0.5) is 5.69 Å². The standard InChI is InChI=1S/C15H18N2O4/c1-10(18)16-15(13-4-2-3-5-14(13)19)11-6-8-12(9-7-11)17(20)21/h6-9,13,15H,2-5H2,1H3,(H,16,18).